The first kappa shape index (κ1) is 22.6. The van der Waals surface area contributed by atoms with E-state index in [9.17, 15) is 70.7 Å². The van der Waals surface area contributed by atoms with Gasteiger partial charge in [-0.3, -0.25) is 4.79 Å². The number of carbonyl (C=O) groups excluding carboxylic acids is 1. The summed E-state index contributed by atoms with van der Waals surface area (Å²) >= 11 is 0. The van der Waals surface area contributed by atoms with Gasteiger partial charge in [0, 0.05) is 0 Å². The monoisotopic (exact) mass is 398 g/mol. The van der Waals surface area contributed by atoms with Gasteiger partial charge in [0.1, 0.15) is 0 Å². The number of hydrogen-bond donors (Lipinski definition) is 0. The molecule has 0 aliphatic carbocycles. The molecule has 0 radical (unpaired) electrons. The molecule has 0 saturated carbocycles. The minimum absolute atomic E-state index is 2.41. The summed E-state index contributed by atoms with van der Waals surface area (Å²) in [6.07, 6.45) is -10.0. The highest BCUT2D eigenvalue weighted by Gasteiger charge is 2.93. The molecule has 0 aromatic carbocycles. The molecule has 0 aromatic heterocycles. The second-order valence-corrected chi connectivity index (χ2v) is 4.11. The lowest BCUT2D eigenvalue weighted by atomic mass is 9.91. The van der Waals surface area contributed by atoms with E-state index in [1.165, 1.54) is 0 Å². The van der Waals surface area contributed by atoms with Gasteiger partial charge in [-0.05, 0) is 0 Å². The molecule has 0 amide bonds. The number of carbonyl (C=O) groups is 1. The second-order valence-electron chi connectivity index (χ2n) is 4.11. The Labute approximate surface area is 120 Å². The summed E-state index contributed by atoms with van der Waals surface area (Å²) in [6, 6.07) is 0. The van der Waals surface area contributed by atoms with Gasteiger partial charge in [0.2, 0.25) is 0 Å². The van der Waals surface area contributed by atoms with Crippen molar-refractivity contribution in [2.24, 2.45) is 0 Å². The van der Waals surface area contributed by atoms with Gasteiger partial charge in [-0.2, -0.15) is 65.9 Å². The van der Waals surface area contributed by atoms with E-state index < -0.39 is 48.0 Å². The maximum absolute atomic E-state index is 12.8. The zero-order valence-corrected chi connectivity index (χ0v) is 10.2. The Bertz CT molecular complexity index is 486. The molecule has 144 valence electrons. The van der Waals surface area contributed by atoms with Crippen molar-refractivity contribution in [1.29, 1.82) is 0 Å². The van der Waals surface area contributed by atoms with Gasteiger partial charge in [0.25, 0.3) is 0 Å². The number of aldehydes is 1. The van der Waals surface area contributed by atoms with Gasteiger partial charge in [-0.15, -0.1) is 0 Å². The van der Waals surface area contributed by atoms with Crippen LogP contribution in [0.15, 0.2) is 0 Å². The van der Waals surface area contributed by atoms with Crippen LogP contribution in [0.1, 0.15) is 0 Å². The molecule has 1 nitrogen and oxygen atoms in total. The van der Waals surface area contributed by atoms with Crippen LogP contribution in [0.25, 0.3) is 0 Å². The van der Waals surface area contributed by atoms with Crippen LogP contribution < -0.4 is 0 Å². The molecule has 16 heteroatoms. The molecule has 0 unspecified atom stereocenters. The quantitative estimate of drug-likeness (QED) is 0.474. The minimum Gasteiger partial charge on any atom is -0.296 e. The summed E-state index contributed by atoms with van der Waals surface area (Å²) in [5.41, 5.74) is 0. The minimum atomic E-state index is -8.35. The third-order valence-electron chi connectivity index (χ3n) is 2.50. The highest BCUT2D eigenvalue weighted by Crippen LogP contribution is 2.62. The molecule has 24 heavy (non-hydrogen) atoms. The lowest BCUT2D eigenvalue weighted by molar-refractivity contribution is -0.449. The van der Waals surface area contributed by atoms with Crippen molar-refractivity contribution >= 4 is 6.29 Å². The van der Waals surface area contributed by atoms with E-state index in [-0.39, 0.29) is 0 Å². The maximum atomic E-state index is 12.8. The van der Waals surface area contributed by atoms with E-state index in [1.807, 2.05) is 0 Å². The Balaban J connectivity index is 6.47. The molecule has 0 aromatic rings. The average molecular weight is 398 g/mol. The molecule has 0 spiro atoms. The first-order chi connectivity index (χ1) is 10.1. The Morgan fingerprint density at radius 1 is 0.417 bits per heavy atom. The van der Waals surface area contributed by atoms with E-state index in [0.717, 1.165) is 0 Å². The molecule has 0 atom stereocenters. The third-order valence-corrected chi connectivity index (χ3v) is 2.50. The maximum Gasteiger partial charge on any atom is 0.460 e. The lowest BCUT2D eigenvalue weighted by Gasteiger charge is -2.40. The molecule has 0 fully saturated rings. The van der Waals surface area contributed by atoms with Crippen molar-refractivity contribution in [3.63, 3.8) is 0 Å². The second kappa shape index (κ2) is 5.31. The van der Waals surface area contributed by atoms with Crippen LogP contribution in [0.3, 0.4) is 0 Å². The molecule has 0 bridgehead atoms. The smallest absolute Gasteiger partial charge is 0.296 e. The Hall–Kier alpha value is -1.38. The van der Waals surface area contributed by atoms with Crippen LogP contribution in [0.5, 0.6) is 0 Å². The van der Waals surface area contributed by atoms with Gasteiger partial charge >= 0.3 is 41.7 Å². The summed E-state index contributed by atoms with van der Waals surface area (Å²) in [6.45, 7) is 0. The Kier molecular flexibility index (Phi) is 5.00. The first-order valence-corrected chi connectivity index (χ1v) is 4.86. The lowest BCUT2D eigenvalue weighted by Crippen LogP contribution is -2.72. The van der Waals surface area contributed by atoms with Crippen molar-refractivity contribution in [2.75, 3.05) is 0 Å². The largest absolute Gasteiger partial charge is 0.460 e. The van der Waals surface area contributed by atoms with Crippen LogP contribution in [-0.4, -0.2) is 48.0 Å². The van der Waals surface area contributed by atoms with Crippen molar-refractivity contribution in [3.8, 4) is 0 Å². The molecule has 0 N–H and O–H groups in total. The summed E-state index contributed by atoms with van der Waals surface area (Å²) in [5, 5.41) is 0. The van der Waals surface area contributed by atoms with Crippen molar-refractivity contribution in [3.05, 3.63) is 0 Å². The van der Waals surface area contributed by atoms with Crippen LogP contribution in [0.2, 0.25) is 0 Å². The first-order valence-electron chi connectivity index (χ1n) is 4.86. The highest BCUT2D eigenvalue weighted by atomic mass is 19.4. The van der Waals surface area contributed by atoms with Crippen molar-refractivity contribution in [2.45, 2.75) is 41.7 Å². The predicted molar refractivity (Wildman–Crippen MR) is 41.8 cm³/mol. The zero-order valence-electron chi connectivity index (χ0n) is 10.2. The van der Waals surface area contributed by atoms with Gasteiger partial charge in [0.05, 0.1) is 0 Å². The topological polar surface area (TPSA) is 17.1 Å². The van der Waals surface area contributed by atoms with Gasteiger partial charge in [0.15, 0.2) is 6.29 Å². The number of rotatable bonds is 6. The van der Waals surface area contributed by atoms with E-state index in [2.05, 4.69) is 0 Å². The zero-order chi connectivity index (χ0) is 20.2. The fourth-order valence-electron chi connectivity index (χ4n) is 1.05. The number of hydrogen-bond acceptors (Lipinski definition) is 1. The molecule has 0 heterocycles. The van der Waals surface area contributed by atoms with Crippen molar-refractivity contribution < 1.29 is 70.7 Å². The van der Waals surface area contributed by atoms with Crippen LogP contribution >= 0.6 is 0 Å². The third kappa shape index (κ3) is 2.57. The molecule has 0 rings (SSSR count). The summed E-state index contributed by atoms with van der Waals surface area (Å²) in [5.74, 6) is -47.4. The van der Waals surface area contributed by atoms with Gasteiger partial charge in [-0.1, -0.05) is 0 Å². The Morgan fingerprint density at radius 3 is 0.917 bits per heavy atom. The molecular formula is C8HF15O. The fourth-order valence-corrected chi connectivity index (χ4v) is 1.05. The van der Waals surface area contributed by atoms with E-state index >= 15 is 0 Å². The fraction of sp³-hybridized carbons (Fsp3) is 0.875. The highest BCUT2D eigenvalue weighted by molar-refractivity contribution is 5.62. The molecular weight excluding hydrogens is 397 g/mol. The summed E-state index contributed by atoms with van der Waals surface area (Å²) < 4.78 is 186. The SMILES string of the molecule is O=CC(F)(F)C(F)(F)C(F)(F)C(F)(F)C(F)(F)C(F)(F)C(F)(F)F. The van der Waals surface area contributed by atoms with Crippen LogP contribution in [0.4, 0.5) is 65.9 Å². The predicted octanol–water partition coefficient (Wildman–Crippen LogP) is 4.56. The standard InChI is InChI=1S/C8HF15O/c9-2(10,1-24)3(11,12)4(13,14)5(15,16)6(17,18)7(19,20)8(21,22)23/h1H. The van der Waals surface area contributed by atoms with Crippen LogP contribution in [-0.2, 0) is 4.79 Å². The molecule has 0 aliphatic rings. The summed E-state index contributed by atoms with van der Waals surface area (Å²) in [4.78, 5) is 9.53. The van der Waals surface area contributed by atoms with E-state index in [4.69, 9.17) is 0 Å². The summed E-state index contributed by atoms with van der Waals surface area (Å²) in [7, 11) is 0. The Morgan fingerprint density at radius 2 is 0.667 bits per heavy atom. The average Bonchev–Trinajstić information content (AvgIpc) is 2.36. The number of halogens is 15. The van der Waals surface area contributed by atoms with Crippen LogP contribution in [0, 0.1) is 0 Å². The van der Waals surface area contributed by atoms with Gasteiger partial charge in [-0.25, -0.2) is 0 Å². The van der Waals surface area contributed by atoms with E-state index in [1.54, 1.807) is 0 Å². The molecule has 0 saturated heterocycles. The normalized spacial score (nSPS) is 16.3. The molecule has 0 aliphatic heterocycles. The van der Waals surface area contributed by atoms with E-state index in [0.29, 0.717) is 0 Å². The number of alkyl halides is 15. The van der Waals surface area contributed by atoms with Gasteiger partial charge < -0.3 is 0 Å². The van der Waals surface area contributed by atoms with Crippen molar-refractivity contribution in [1.82, 2.24) is 0 Å².